The number of hydrogen-bond donors (Lipinski definition) is 0. The fraction of sp³-hybridized carbons (Fsp3) is 0.526. The Hall–Kier alpha value is -1.57. The van der Waals surface area contributed by atoms with Gasteiger partial charge >= 0.3 is 0 Å². The summed E-state index contributed by atoms with van der Waals surface area (Å²) >= 11 is 0. The Bertz CT molecular complexity index is 830. The summed E-state index contributed by atoms with van der Waals surface area (Å²) < 4.78 is 5.02. The lowest BCUT2D eigenvalue weighted by Crippen LogP contribution is -2.51. The van der Waals surface area contributed by atoms with E-state index in [9.17, 15) is 0 Å². The highest BCUT2D eigenvalue weighted by molar-refractivity contribution is 5.70. The summed E-state index contributed by atoms with van der Waals surface area (Å²) in [6.45, 7) is 20.5. The molecule has 1 aliphatic heterocycles. The van der Waals surface area contributed by atoms with Crippen LogP contribution in [0, 0.1) is 34.6 Å². The normalized spacial score (nSPS) is 17.0. The molecule has 0 saturated carbocycles. The Morgan fingerprint density at radius 2 is 1.33 bits per heavy atom. The largest absolute Gasteiger partial charge is 0.291 e. The third kappa shape index (κ3) is 1.46. The first-order chi connectivity index (χ1) is 9.62. The zero-order chi connectivity index (χ0) is 15.9. The predicted molar refractivity (Wildman–Crippen MR) is 88.9 cm³/mol. The van der Waals surface area contributed by atoms with Crippen LogP contribution in [-0.2, 0) is 5.54 Å². The van der Waals surface area contributed by atoms with E-state index in [4.69, 9.17) is 0 Å². The SMILES string of the molecule is CC1=C(C)C(C)(C)[n+]2c1c(C)n1c(C)c(C)c(C)c(C)c12. The van der Waals surface area contributed by atoms with Crippen LogP contribution < -0.4 is 4.57 Å². The van der Waals surface area contributed by atoms with E-state index in [2.05, 4.69) is 71.3 Å². The molecule has 112 valence electrons. The number of hydrogen-bond acceptors (Lipinski definition) is 0. The Labute approximate surface area is 128 Å². The van der Waals surface area contributed by atoms with Crippen molar-refractivity contribution in [3.05, 3.63) is 39.3 Å². The Balaban J connectivity index is 2.65. The molecule has 0 aliphatic carbocycles. The number of allylic oxidation sites excluding steroid dienone is 2. The van der Waals surface area contributed by atoms with E-state index < -0.39 is 0 Å². The number of nitrogens with zero attached hydrogens (tertiary/aromatic N) is 2. The van der Waals surface area contributed by atoms with Gasteiger partial charge in [0.25, 0.3) is 5.65 Å². The summed E-state index contributed by atoms with van der Waals surface area (Å²) in [5, 5.41) is 0. The minimum atomic E-state index is 0.0534. The molecule has 0 spiro atoms. The van der Waals surface area contributed by atoms with Crippen LogP contribution in [0.3, 0.4) is 0 Å². The lowest BCUT2D eigenvalue weighted by molar-refractivity contribution is -0.721. The molecule has 0 aromatic carbocycles. The number of fused-ring (bicyclic) bond motifs is 3. The number of rotatable bonds is 0. The summed E-state index contributed by atoms with van der Waals surface area (Å²) in [5.74, 6) is 0. The summed E-state index contributed by atoms with van der Waals surface area (Å²) in [4.78, 5) is 0. The molecule has 0 N–H and O–H groups in total. The van der Waals surface area contributed by atoms with Crippen LogP contribution in [0.1, 0.15) is 61.5 Å². The van der Waals surface area contributed by atoms with E-state index in [1.165, 1.54) is 50.6 Å². The molecule has 3 rings (SSSR count). The highest BCUT2D eigenvalue weighted by atomic mass is 15.2. The molecule has 2 nitrogen and oxygen atoms in total. The van der Waals surface area contributed by atoms with Crippen molar-refractivity contribution < 1.29 is 4.57 Å². The van der Waals surface area contributed by atoms with E-state index in [0.717, 1.165) is 0 Å². The van der Waals surface area contributed by atoms with E-state index in [-0.39, 0.29) is 5.54 Å². The van der Waals surface area contributed by atoms with Gasteiger partial charge in [-0.1, -0.05) is 0 Å². The first-order valence-electron chi connectivity index (χ1n) is 7.84. The van der Waals surface area contributed by atoms with Crippen molar-refractivity contribution in [2.45, 2.75) is 67.9 Å². The lowest BCUT2D eigenvalue weighted by atomic mass is 9.94. The molecule has 0 atom stereocenters. The van der Waals surface area contributed by atoms with Crippen LogP contribution in [0.15, 0.2) is 5.57 Å². The van der Waals surface area contributed by atoms with Crippen molar-refractivity contribution in [2.75, 3.05) is 0 Å². The van der Waals surface area contributed by atoms with E-state index >= 15 is 0 Å². The van der Waals surface area contributed by atoms with Gasteiger partial charge in [-0.05, 0) is 72.1 Å². The molecule has 21 heavy (non-hydrogen) atoms. The second-order valence-electron chi connectivity index (χ2n) is 7.20. The average molecular weight is 283 g/mol. The van der Waals surface area contributed by atoms with Crippen LogP contribution in [0.4, 0.5) is 0 Å². The first kappa shape index (κ1) is 14.4. The molecule has 0 bridgehead atoms. The van der Waals surface area contributed by atoms with Crippen LogP contribution in [-0.4, -0.2) is 4.40 Å². The number of aryl methyl sites for hydroxylation is 3. The van der Waals surface area contributed by atoms with Gasteiger partial charge in [-0.15, -0.1) is 0 Å². The topological polar surface area (TPSA) is 8.29 Å². The second-order valence-corrected chi connectivity index (χ2v) is 7.20. The van der Waals surface area contributed by atoms with Crippen molar-refractivity contribution in [1.29, 1.82) is 0 Å². The fourth-order valence-electron chi connectivity index (χ4n) is 4.05. The summed E-state index contributed by atoms with van der Waals surface area (Å²) in [6.07, 6.45) is 0. The quantitative estimate of drug-likeness (QED) is 0.637. The van der Waals surface area contributed by atoms with Gasteiger partial charge in [0, 0.05) is 18.1 Å². The van der Waals surface area contributed by atoms with Gasteiger partial charge in [0.2, 0.25) is 0 Å². The molecule has 2 aromatic heterocycles. The average Bonchev–Trinajstić information content (AvgIpc) is 2.83. The molecule has 0 saturated heterocycles. The minimum absolute atomic E-state index is 0.0534. The van der Waals surface area contributed by atoms with Crippen molar-refractivity contribution in [3.8, 4) is 0 Å². The highest BCUT2D eigenvalue weighted by Crippen LogP contribution is 2.38. The lowest BCUT2D eigenvalue weighted by Gasteiger charge is -2.20. The maximum atomic E-state index is 2.56. The number of pyridine rings is 1. The minimum Gasteiger partial charge on any atom is -0.214 e. The van der Waals surface area contributed by atoms with Crippen molar-refractivity contribution >= 4 is 11.2 Å². The molecule has 2 aromatic rings. The third-order valence-corrected chi connectivity index (χ3v) is 6.06. The number of aromatic nitrogens is 2. The summed E-state index contributed by atoms with van der Waals surface area (Å²) in [5.41, 5.74) is 12.7. The Morgan fingerprint density at radius 3 is 1.90 bits per heavy atom. The monoisotopic (exact) mass is 283 g/mol. The molecule has 0 radical (unpaired) electrons. The van der Waals surface area contributed by atoms with Gasteiger partial charge in [-0.2, -0.15) is 4.40 Å². The maximum absolute atomic E-state index is 2.56. The van der Waals surface area contributed by atoms with Crippen LogP contribution in [0.2, 0.25) is 0 Å². The van der Waals surface area contributed by atoms with Crippen LogP contribution in [0.25, 0.3) is 11.2 Å². The zero-order valence-corrected chi connectivity index (χ0v) is 14.9. The Morgan fingerprint density at radius 1 is 0.762 bits per heavy atom. The third-order valence-electron chi connectivity index (χ3n) is 6.06. The maximum Gasteiger partial charge on any atom is 0.291 e. The molecular formula is C19H27N2+. The van der Waals surface area contributed by atoms with Crippen LogP contribution >= 0.6 is 0 Å². The van der Waals surface area contributed by atoms with Gasteiger partial charge < -0.3 is 0 Å². The first-order valence-corrected chi connectivity index (χ1v) is 7.84. The van der Waals surface area contributed by atoms with Gasteiger partial charge in [-0.3, -0.25) is 0 Å². The number of imidazole rings is 1. The van der Waals surface area contributed by atoms with Gasteiger partial charge in [0.15, 0.2) is 11.4 Å². The standard InChI is InChI=1S/C19H27N2/c1-10-11(2)15(6)20-16(7)17-13(4)14(5)19(8,9)21(17)18(20)12(10)3/h1-9H3/q+1. The molecule has 1 aliphatic rings. The summed E-state index contributed by atoms with van der Waals surface area (Å²) in [7, 11) is 0. The van der Waals surface area contributed by atoms with Crippen molar-refractivity contribution in [2.24, 2.45) is 0 Å². The van der Waals surface area contributed by atoms with E-state index in [1.54, 1.807) is 0 Å². The van der Waals surface area contributed by atoms with E-state index in [0.29, 0.717) is 0 Å². The molecule has 0 amide bonds. The second kappa shape index (κ2) is 4.00. The molecule has 2 heteroatoms. The smallest absolute Gasteiger partial charge is 0.214 e. The molecular weight excluding hydrogens is 256 g/mol. The van der Waals surface area contributed by atoms with Crippen molar-refractivity contribution in [1.82, 2.24) is 4.40 Å². The van der Waals surface area contributed by atoms with Crippen LogP contribution in [0.5, 0.6) is 0 Å². The van der Waals surface area contributed by atoms with Gasteiger partial charge in [0.05, 0.1) is 0 Å². The van der Waals surface area contributed by atoms with Crippen molar-refractivity contribution in [3.63, 3.8) is 0 Å². The highest BCUT2D eigenvalue weighted by Gasteiger charge is 2.44. The molecule has 0 unspecified atom stereocenters. The fourth-order valence-corrected chi connectivity index (χ4v) is 4.05. The molecule has 3 heterocycles. The predicted octanol–water partition coefficient (Wildman–Crippen LogP) is 4.31. The zero-order valence-electron chi connectivity index (χ0n) is 14.9. The van der Waals surface area contributed by atoms with E-state index in [1.807, 2.05) is 0 Å². The Kier molecular flexibility index (Phi) is 2.73. The van der Waals surface area contributed by atoms with Gasteiger partial charge in [-0.25, -0.2) is 4.57 Å². The van der Waals surface area contributed by atoms with Gasteiger partial charge in [0.1, 0.15) is 11.2 Å². The molecule has 0 fully saturated rings. The summed E-state index contributed by atoms with van der Waals surface area (Å²) in [6, 6.07) is 0.